The molecule has 0 spiro atoms. The highest BCUT2D eigenvalue weighted by Gasteiger charge is 2.25. The molecule has 0 saturated heterocycles. The Balaban J connectivity index is 1.92. The average molecular weight is 458 g/mol. The fraction of sp³-hybridized carbons (Fsp3) is 0.304. The number of rotatable bonds is 4. The molecule has 1 aliphatic heterocycles. The van der Waals surface area contributed by atoms with Crippen LogP contribution in [0.4, 0.5) is 10.2 Å². The van der Waals surface area contributed by atoms with Crippen LogP contribution < -0.4 is 10.6 Å². The second-order valence-corrected chi connectivity index (χ2v) is 10.1. The number of aromatic nitrogens is 1. The number of anilines is 1. The topological polar surface area (TPSA) is 101 Å². The number of carbonyl (C=O) groups excluding carboxylic acids is 1. The predicted octanol–water partition coefficient (Wildman–Crippen LogP) is 4.36. The van der Waals surface area contributed by atoms with Crippen molar-refractivity contribution in [3.05, 3.63) is 53.4 Å². The van der Waals surface area contributed by atoms with Gasteiger partial charge >= 0.3 is 0 Å². The van der Waals surface area contributed by atoms with Gasteiger partial charge in [0.15, 0.2) is 9.84 Å². The van der Waals surface area contributed by atoms with E-state index in [0.29, 0.717) is 16.8 Å². The van der Waals surface area contributed by atoms with Crippen molar-refractivity contribution >= 4 is 38.2 Å². The molecule has 0 fully saturated rings. The summed E-state index contributed by atoms with van der Waals surface area (Å²) in [6.07, 6.45) is 6.18. The van der Waals surface area contributed by atoms with Gasteiger partial charge in [0.1, 0.15) is 23.3 Å². The molecule has 1 amide bonds. The Morgan fingerprint density at radius 3 is 2.72 bits per heavy atom. The van der Waals surface area contributed by atoms with Crippen molar-refractivity contribution in [2.24, 2.45) is 0 Å². The van der Waals surface area contributed by atoms with Crippen molar-refractivity contribution < 1.29 is 22.0 Å². The molecule has 1 aromatic carbocycles. The summed E-state index contributed by atoms with van der Waals surface area (Å²) < 4.78 is 42.6. The first-order chi connectivity index (χ1) is 15.2. The Bertz CT molecular complexity index is 1310. The van der Waals surface area contributed by atoms with E-state index in [1.165, 1.54) is 24.3 Å². The van der Waals surface area contributed by atoms with E-state index >= 15 is 0 Å². The minimum absolute atomic E-state index is 0.165. The SMILES string of the molecule is C/C1=C\CCCCNc2nc3oc(-c4ccc(F)cc4)c(C(=O)NCS(C)(=O)=O)c3cc21. The molecule has 32 heavy (non-hydrogen) atoms. The zero-order valence-electron chi connectivity index (χ0n) is 17.9. The molecule has 168 valence electrons. The summed E-state index contributed by atoms with van der Waals surface area (Å²) in [7, 11) is -3.43. The lowest BCUT2D eigenvalue weighted by atomic mass is 10.0. The zero-order valence-corrected chi connectivity index (χ0v) is 18.7. The summed E-state index contributed by atoms with van der Waals surface area (Å²) in [4.78, 5) is 17.7. The third-order valence-corrected chi connectivity index (χ3v) is 5.98. The number of allylic oxidation sites excluding steroid dienone is 2. The van der Waals surface area contributed by atoms with E-state index in [1.807, 2.05) is 13.0 Å². The fourth-order valence-electron chi connectivity index (χ4n) is 3.68. The standard InChI is InChI=1S/C23H24FN3O4S/c1-14-6-4-3-5-11-25-21-17(14)12-18-19(22(28)26-13-32(2,29)30)20(31-23(18)27-21)15-7-9-16(24)10-8-15/h6-10,12H,3-5,11,13H2,1-2H3,(H,25,27)(H,26,28)/b14-6+. The maximum atomic E-state index is 13.5. The monoisotopic (exact) mass is 457 g/mol. The van der Waals surface area contributed by atoms with Gasteiger partial charge in [-0.3, -0.25) is 4.79 Å². The smallest absolute Gasteiger partial charge is 0.256 e. The molecule has 0 aliphatic carbocycles. The summed E-state index contributed by atoms with van der Waals surface area (Å²) >= 11 is 0. The van der Waals surface area contributed by atoms with Crippen LogP contribution in [0.15, 0.2) is 40.8 Å². The molecule has 0 unspecified atom stereocenters. The van der Waals surface area contributed by atoms with Crippen molar-refractivity contribution in [2.45, 2.75) is 26.2 Å². The van der Waals surface area contributed by atoms with Crippen LogP contribution in [0.2, 0.25) is 0 Å². The van der Waals surface area contributed by atoms with E-state index in [4.69, 9.17) is 4.42 Å². The third-order valence-electron chi connectivity index (χ3n) is 5.31. The summed E-state index contributed by atoms with van der Waals surface area (Å²) in [5, 5.41) is 6.24. The lowest BCUT2D eigenvalue weighted by Crippen LogP contribution is -2.29. The van der Waals surface area contributed by atoms with E-state index in [9.17, 15) is 17.6 Å². The molecule has 1 aliphatic rings. The Labute approximate surface area is 185 Å². The van der Waals surface area contributed by atoms with Gasteiger partial charge in [0.05, 0.1) is 10.9 Å². The van der Waals surface area contributed by atoms with Crippen molar-refractivity contribution in [3.63, 3.8) is 0 Å². The number of sulfone groups is 1. The number of carbonyl (C=O) groups is 1. The average Bonchev–Trinajstić information content (AvgIpc) is 3.14. The minimum atomic E-state index is -3.43. The summed E-state index contributed by atoms with van der Waals surface area (Å²) in [5.74, 6) is -0.672. The Hall–Kier alpha value is -3.20. The molecule has 3 aromatic rings. The van der Waals surface area contributed by atoms with Gasteiger partial charge in [-0.25, -0.2) is 12.8 Å². The van der Waals surface area contributed by atoms with Gasteiger partial charge in [-0.05, 0) is 62.1 Å². The molecule has 3 heterocycles. The van der Waals surface area contributed by atoms with Crippen LogP contribution in [0.25, 0.3) is 28.0 Å². The van der Waals surface area contributed by atoms with Crippen LogP contribution in [0.3, 0.4) is 0 Å². The van der Waals surface area contributed by atoms with Crippen molar-refractivity contribution in [2.75, 3.05) is 24.0 Å². The number of hydrogen-bond donors (Lipinski definition) is 2. The van der Waals surface area contributed by atoms with Crippen LogP contribution in [-0.4, -0.2) is 38.0 Å². The number of amides is 1. The predicted molar refractivity (Wildman–Crippen MR) is 123 cm³/mol. The van der Waals surface area contributed by atoms with E-state index in [1.54, 1.807) is 0 Å². The van der Waals surface area contributed by atoms with E-state index in [-0.39, 0.29) is 17.0 Å². The summed E-state index contributed by atoms with van der Waals surface area (Å²) in [6.45, 7) is 2.75. The Morgan fingerprint density at radius 2 is 2.00 bits per heavy atom. The maximum Gasteiger partial charge on any atom is 0.256 e. The highest BCUT2D eigenvalue weighted by molar-refractivity contribution is 7.90. The van der Waals surface area contributed by atoms with Crippen LogP contribution in [-0.2, 0) is 9.84 Å². The van der Waals surface area contributed by atoms with Gasteiger partial charge in [-0.15, -0.1) is 0 Å². The lowest BCUT2D eigenvalue weighted by molar-refractivity contribution is 0.0961. The number of nitrogens with zero attached hydrogens (tertiary/aromatic N) is 1. The second kappa shape index (κ2) is 8.74. The molecule has 0 bridgehead atoms. The van der Waals surface area contributed by atoms with Crippen molar-refractivity contribution in [1.29, 1.82) is 0 Å². The van der Waals surface area contributed by atoms with E-state index in [0.717, 1.165) is 43.2 Å². The first kappa shape index (κ1) is 22.0. The van der Waals surface area contributed by atoms with Crippen molar-refractivity contribution in [1.82, 2.24) is 10.3 Å². The molecule has 4 rings (SSSR count). The molecule has 7 nitrogen and oxygen atoms in total. The van der Waals surface area contributed by atoms with E-state index in [2.05, 4.69) is 21.7 Å². The molecule has 2 aromatic heterocycles. The molecule has 0 radical (unpaired) electrons. The van der Waals surface area contributed by atoms with Crippen LogP contribution in [0, 0.1) is 5.82 Å². The van der Waals surface area contributed by atoms with Gasteiger partial charge in [-0.2, -0.15) is 4.98 Å². The van der Waals surface area contributed by atoms with Crippen molar-refractivity contribution in [3.8, 4) is 11.3 Å². The van der Waals surface area contributed by atoms with Gasteiger partial charge in [0.2, 0.25) is 5.71 Å². The molecule has 0 saturated carbocycles. The van der Waals surface area contributed by atoms with Crippen LogP contribution in [0.1, 0.15) is 42.1 Å². The highest BCUT2D eigenvalue weighted by Crippen LogP contribution is 2.37. The maximum absolute atomic E-state index is 13.5. The summed E-state index contributed by atoms with van der Waals surface area (Å²) in [5.41, 5.74) is 2.77. The largest absolute Gasteiger partial charge is 0.437 e. The minimum Gasteiger partial charge on any atom is -0.437 e. The number of benzene rings is 1. The first-order valence-corrected chi connectivity index (χ1v) is 12.4. The fourth-order valence-corrected chi connectivity index (χ4v) is 4.07. The number of hydrogen-bond acceptors (Lipinski definition) is 6. The first-order valence-electron chi connectivity index (χ1n) is 10.3. The quantitative estimate of drug-likeness (QED) is 0.604. The lowest BCUT2D eigenvalue weighted by Gasteiger charge is -2.10. The Morgan fingerprint density at radius 1 is 1.25 bits per heavy atom. The zero-order chi connectivity index (χ0) is 22.9. The molecule has 0 atom stereocenters. The third kappa shape index (κ3) is 4.67. The molecule has 9 heteroatoms. The van der Waals surface area contributed by atoms with Crippen LogP contribution >= 0.6 is 0 Å². The van der Waals surface area contributed by atoms with Gasteiger partial charge in [0, 0.05) is 23.9 Å². The van der Waals surface area contributed by atoms with Gasteiger partial charge < -0.3 is 15.1 Å². The van der Waals surface area contributed by atoms with E-state index < -0.39 is 27.4 Å². The second-order valence-electron chi connectivity index (χ2n) is 7.94. The molecule has 2 N–H and O–H groups in total. The molecular formula is C23H24FN3O4S. The number of nitrogens with one attached hydrogen (secondary N) is 2. The Kier molecular flexibility index (Phi) is 6.01. The number of pyridine rings is 1. The van der Waals surface area contributed by atoms with Gasteiger partial charge in [-0.1, -0.05) is 6.08 Å². The normalized spacial score (nSPS) is 16.2. The summed E-state index contributed by atoms with van der Waals surface area (Å²) in [6, 6.07) is 7.39. The number of halogens is 1. The number of furan rings is 1. The van der Waals surface area contributed by atoms with Gasteiger partial charge in [0.25, 0.3) is 5.91 Å². The molecular weight excluding hydrogens is 433 g/mol. The number of fused-ring (bicyclic) bond motifs is 2. The van der Waals surface area contributed by atoms with Crippen LogP contribution in [0.5, 0.6) is 0 Å². The highest BCUT2D eigenvalue weighted by atomic mass is 32.2.